The maximum atomic E-state index is 2.36. The molecule has 0 saturated carbocycles. The molecule has 2 aliphatic rings. The summed E-state index contributed by atoms with van der Waals surface area (Å²) in [5, 5.41) is 2.86. The highest BCUT2D eigenvalue weighted by Gasteiger charge is 2.36. The summed E-state index contributed by atoms with van der Waals surface area (Å²) in [6.45, 7) is 4.45. The van der Waals surface area contributed by atoms with Crippen molar-refractivity contribution in [2.24, 2.45) is 7.05 Å². The van der Waals surface area contributed by atoms with Gasteiger partial charge in [-0.15, -0.1) is 0 Å². The average Bonchev–Trinajstić information content (AvgIpc) is 3.15. The number of hydrogen-bond donors (Lipinski definition) is 0. The standard InChI is InChI=1S/C26H21N/c1-4-8-16-15(2)23-19-10-6-5-9-17(19)20-13-14-22-26(25(20)23)24-18(16)11-7-12-21(24)27(22)3/h4-14,23H,1-3H3/b8-4-. The fraction of sp³-hybridized carbons (Fsp3) is 0.154. The van der Waals surface area contributed by atoms with Crippen molar-refractivity contribution in [3.05, 3.63) is 89.0 Å². The van der Waals surface area contributed by atoms with E-state index < -0.39 is 0 Å². The first kappa shape index (κ1) is 15.0. The van der Waals surface area contributed by atoms with Crippen LogP contribution in [0.3, 0.4) is 0 Å². The molecule has 0 spiro atoms. The highest BCUT2D eigenvalue weighted by molar-refractivity contribution is 6.18. The number of aryl methyl sites for hydroxylation is 1. The van der Waals surface area contributed by atoms with E-state index in [9.17, 15) is 0 Å². The zero-order valence-electron chi connectivity index (χ0n) is 15.9. The van der Waals surface area contributed by atoms with Crippen LogP contribution in [0.25, 0.3) is 38.5 Å². The number of hydrogen-bond acceptors (Lipinski definition) is 0. The first-order valence-corrected chi connectivity index (χ1v) is 9.69. The molecule has 3 aromatic carbocycles. The van der Waals surface area contributed by atoms with Gasteiger partial charge in [0.25, 0.3) is 0 Å². The van der Waals surface area contributed by atoms with Crippen LogP contribution in [0.5, 0.6) is 0 Å². The lowest BCUT2D eigenvalue weighted by atomic mass is 9.86. The van der Waals surface area contributed by atoms with Gasteiger partial charge in [0.1, 0.15) is 0 Å². The van der Waals surface area contributed by atoms with Crippen molar-refractivity contribution in [1.29, 1.82) is 0 Å². The van der Waals surface area contributed by atoms with E-state index >= 15 is 0 Å². The van der Waals surface area contributed by atoms with Crippen LogP contribution >= 0.6 is 0 Å². The van der Waals surface area contributed by atoms with E-state index in [2.05, 4.69) is 92.2 Å². The van der Waals surface area contributed by atoms with Crippen molar-refractivity contribution < 1.29 is 0 Å². The molecule has 4 aromatic rings. The third kappa shape index (κ3) is 1.66. The highest BCUT2D eigenvalue weighted by Crippen LogP contribution is 2.56. The summed E-state index contributed by atoms with van der Waals surface area (Å²) in [5.41, 5.74) is 12.6. The second-order valence-electron chi connectivity index (χ2n) is 7.80. The lowest BCUT2D eigenvalue weighted by molar-refractivity contribution is 0.989. The molecule has 27 heavy (non-hydrogen) atoms. The summed E-state index contributed by atoms with van der Waals surface area (Å²) in [5.74, 6) is 0.337. The van der Waals surface area contributed by atoms with Gasteiger partial charge in [0.05, 0.1) is 0 Å². The third-order valence-electron chi connectivity index (χ3n) is 6.57. The summed E-state index contributed by atoms with van der Waals surface area (Å²) in [4.78, 5) is 0. The molecule has 0 bridgehead atoms. The summed E-state index contributed by atoms with van der Waals surface area (Å²) in [6.07, 6.45) is 4.48. The number of fused-ring (bicyclic) bond motifs is 3. The number of aromatic nitrogens is 1. The Labute approximate surface area is 159 Å². The third-order valence-corrected chi connectivity index (χ3v) is 6.57. The lowest BCUT2D eigenvalue weighted by Gasteiger charge is -2.17. The van der Waals surface area contributed by atoms with Crippen molar-refractivity contribution in [1.82, 2.24) is 4.57 Å². The fourth-order valence-electron chi connectivity index (χ4n) is 5.48. The first-order chi connectivity index (χ1) is 13.2. The van der Waals surface area contributed by atoms with E-state index in [4.69, 9.17) is 0 Å². The molecule has 0 amide bonds. The van der Waals surface area contributed by atoms with Crippen molar-refractivity contribution in [3.63, 3.8) is 0 Å². The van der Waals surface area contributed by atoms with Gasteiger partial charge in [-0.3, -0.25) is 0 Å². The van der Waals surface area contributed by atoms with Gasteiger partial charge in [0.2, 0.25) is 0 Å². The Balaban J connectivity index is 1.95. The quantitative estimate of drug-likeness (QED) is 0.356. The van der Waals surface area contributed by atoms with Crippen molar-refractivity contribution >= 4 is 27.4 Å². The molecule has 0 saturated heterocycles. The number of rotatable bonds is 1. The largest absolute Gasteiger partial charge is 0.344 e. The van der Waals surface area contributed by atoms with E-state index in [1.165, 1.54) is 60.8 Å². The smallest absolute Gasteiger partial charge is 0.0495 e. The first-order valence-electron chi connectivity index (χ1n) is 9.69. The predicted octanol–water partition coefficient (Wildman–Crippen LogP) is 6.81. The molecular weight excluding hydrogens is 326 g/mol. The Bertz CT molecular complexity index is 1340. The molecule has 130 valence electrons. The zero-order valence-corrected chi connectivity index (χ0v) is 15.9. The van der Waals surface area contributed by atoms with Crippen LogP contribution in [0.1, 0.15) is 36.5 Å². The number of benzene rings is 3. The molecule has 1 nitrogen and oxygen atoms in total. The molecule has 0 aliphatic heterocycles. The second kappa shape index (κ2) is 5.01. The summed E-state index contributed by atoms with van der Waals surface area (Å²) < 4.78 is 2.36. The van der Waals surface area contributed by atoms with Crippen molar-refractivity contribution in [2.45, 2.75) is 19.8 Å². The molecule has 0 radical (unpaired) electrons. The minimum atomic E-state index is 0.337. The Morgan fingerprint density at radius 2 is 1.59 bits per heavy atom. The van der Waals surface area contributed by atoms with Crippen LogP contribution in [0.2, 0.25) is 0 Å². The molecule has 0 N–H and O–H groups in total. The number of allylic oxidation sites excluding steroid dienone is 4. The van der Waals surface area contributed by atoms with Gasteiger partial charge in [-0.1, -0.05) is 60.2 Å². The van der Waals surface area contributed by atoms with Crippen LogP contribution in [0, 0.1) is 0 Å². The zero-order chi connectivity index (χ0) is 18.3. The van der Waals surface area contributed by atoms with Crippen LogP contribution in [0.15, 0.2) is 72.3 Å². The molecule has 2 aliphatic carbocycles. The Kier molecular flexibility index (Phi) is 2.79. The second-order valence-corrected chi connectivity index (χ2v) is 7.80. The summed E-state index contributed by atoms with van der Waals surface area (Å²) >= 11 is 0. The molecule has 1 heteroatoms. The number of nitrogens with zero attached hydrogens (tertiary/aromatic N) is 1. The lowest BCUT2D eigenvalue weighted by Crippen LogP contribution is -2.00. The predicted molar refractivity (Wildman–Crippen MR) is 115 cm³/mol. The molecule has 0 fully saturated rings. The van der Waals surface area contributed by atoms with E-state index in [1.807, 2.05) is 0 Å². The Hall–Kier alpha value is -3.06. The normalized spacial score (nSPS) is 17.5. The fourth-order valence-corrected chi connectivity index (χ4v) is 5.48. The maximum absolute atomic E-state index is 2.36. The maximum Gasteiger partial charge on any atom is 0.0495 e. The topological polar surface area (TPSA) is 4.93 Å². The molecule has 6 rings (SSSR count). The van der Waals surface area contributed by atoms with E-state index in [-0.39, 0.29) is 0 Å². The summed E-state index contributed by atoms with van der Waals surface area (Å²) in [7, 11) is 2.20. The van der Waals surface area contributed by atoms with E-state index in [0.29, 0.717) is 5.92 Å². The van der Waals surface area contributed by atoms with Gasteiger partial charge < -0.3 is 4.57 Å². The highest BCUT2D eigenvalue weighted by atomic mass is 14.9. The molecule has 1 aromatic heterocycles. The Morgan fingerprint density at radius 1 is 0.815 bits per heavy atom. The van der Waals surface area contributed by atoms with Crippen molar-refractivity contribution in [3.8, 4) is 11.1 Å². The van der Waals surface area contributed by atoms with Gasteiger partial charge in [-0.2, -0.15) is 0 Å². The van der Waals surface area contributed by atoms with Crippen molar-refractivity contribution in [2.75, 3.05) is 0 Å². The molecule has 1 atom stereocenters. The van der Waals surface area contributed by atoms with Gasteiger partial charge in [-0.05, 0) is 59.4 Å². The van der Waals surface area contributed by atoms with Gasteiger partial charge in [0, 0.05) is 34.8 Å². The monoisotopic (exact) mass is 347 g/mol. The molecular formula is C26H21N. The van der Waals surface area contributed by atoms with Crippen LogP contribution in [-0.4, -0.2) is 4.57 Å². The average molecular weight is 347 g/mol. The molecule has 1 heterocycles. The van der Waals surface area contributed by atoms with Gasteiger partial charge in [-0.25, -0.2) is 0 Å². The van der Waals surface area contributed by atoms with Gasteiger partial charge >= 0.3 is 0 Å². The van der Waals surface area contributed by atoms with Crippen LogP contribution in [0.4, 0.5) is 0 Å². The molecule has 1 unspecified atom stereocenters. The SMILES string of the molecule is C/C=C\C1=C(C)C2c3ccccc3-c3ccc4c(c32)c2c1cccc2n4C. The van der Waals surface area contributed by atoms with Gasteiger partial charge in [0.15, 0.2) is 0 Å². The minimum Gasteiger partial charge on any atom is -0.344 e. The van der Waals surface area contributed by atoms with Crippen LogP contribution in [-0.2, 0) is 7.05 Å². The minimum absolute atomic E-state index is 0.337. The van der Waals surface area contributed by atoms with Crippen LogP contribution < -0.4 is 0 Å². The van der Waals surface area contributed by atoms with E-state index in [0.717, 1.165) is 0 Å². The Morgan fingerprint density at radius 3 is 2.44 bits per heavy atom. The summed E-state index contributed by atoms with van der Waals surface area (Å²) in [6, 6.07) is 20.4. The van der Waals surface area contributed by atoms with E-state index in [1.54, 1.807) is 0 Å².